The van der Waals surface area contributed by atoms with E-state index in [9.17, 15) is 4.79 Å². The molecule has 1 saturated heterocycles. The lowest BCUT2D eigenvalue weighted by atomic mass is 9.99. The number of methoxy groups -OCH3 is 1. The maximum atomic E-state index is 12.8. The number of aromatic nitrogens is 1. The zero-order chi connectivity index (χ0) is 17.2. The van der Waals surface area contributed by atoms with Crippen molar-refractivity contribution < 1.29 is 9.53 Å². The Hall–Kier alpha value is -1.92. The quantitative estimate of drug-likeness (QED) is 0.847. The Morgan fingerprint density at radius 3 is 2.92 bits per heavy atom. The molecule has 0 aliphatic carbocycles. The number of carbonyl (C=O) groups is 1. The number of rotatable bonds is 3. The zero-order valence-corrected chi connectivity index (χ0v) is 15.3. The lowest BCUT2D eigenvalue weighted by Gasteiger charge is -2.40. The topological polar surface area (TPSA) is 45.7 Å². The molecule has 1 amide bonds. The average molecular weight is 357 g/mol. The Morgan fingerprint density at radius 2 is 2.12 bits per heavy atom. The van der Waals surface area contributed by atoms with Gasteiger partial charge in [-0.1, -0.05) is 0 Å². The molecule has 0 unspecified atom stereocenters. The first-order valence-electron chi connectivity index (χ1n) is 8.84. The van der Waals surface area contributed by atoms with E-state index in [0.717, 1.165) is 39.0 Å². The fourth-order valence-electron chi connectivity index (χ4n) is 3.90. The van der Waals surface area contributed by atoms with E-state index in [1.165, 1.54) is 12.0 Å². The van der Waals surface area contributed by atoms with Crippen LogP contribution < -0.4 is 4.74 Å². The van der Waals surface area contributed by atoms with Gasteiger partial charge in [-0.15, -0.1) is 11.3 Å². The number of amides is 1. The molecule has 1 fully saturated rings. The summed E-state index contributed by atoms with van der Waals surface area (Å²) in [6, 6.07) is 6.42. The summed E-state index contributed by atoms with van der Waals surface area (Å²) in [4.78, 5) is 23.0. The molecule has 2 aromatic rings. The summed E-state index contributed by atoms with van der Waals surface area (Å²) in [6.45, 7) is 3.81. The molecule has 2 aliphatic rings. The molecule has 5 nitrogen and oxygen atoms in total. The monoisotopic (exact) mass is 357 g/mol. The van der Waals surface area contributed by atoms with Crippen LogP contribution in [0.4, 0.5) is 0 Å². The van der Waals surface area contributed by atoms with Crippen LogP contribution >= 0.6 is 11.3 Å². The van der Waals surface area contributed by atoms with Crippen LogP contribution in [0, 0.1) is 0 Å². The second-order valence-electron chi connectivity index (χ2n) is 6.67. The van der Waals surface area contributed by atoms with Gasteiger partial charge in [0.05, 0.1) is 7.11 Å². The Labute approximate surface area is 152 Å². The van der Waals surface area contributed by atoms with E-state index in [-0.39, 0.29) is 5.91 Å². The van der Waals surface area contributed by atoms with Gasteiger partial charge in [0.15, 0.2) is 0 Å². The minimum absolute atomic E-state index is 0.0298. The third-order valence-electron chi connectivity index (χ3n) is 5.30. The predicted octanol–water partition coefficient (Wildman–Crippen LogP) is 2.81. The molecule has 0 radical (unpaired) electrons. The van der Waals surface area contributed by atoms with Crippen LogP contribution in [-0.2, 0) is 13.0 Å². The minimum Gasteiger partial charge on any atom is -0.480 e. The van der Waals surface area contributed by atoms with Crippen LogP contribution in [0.15, 0.2) is 29.8 Å². The van der Waals surface area contributed by atoms with E-state index >= 15 is 0 Å². The molecule has 25 heavy (non-hydrogen) atoms. The van der Waals surface area contributed by atoms with Gasteiger partial charge >= 0.3 is 0 Å². The van der Waals surface area contributed by atoms with Crippen molar-refractivity contribution in [3.05, 3.63) is 45.8 Å². The summed E-state index contributed by atoms with van der Waals surface area (Å²) in [6.07, 6.45) is 4.89. The lowest BCUT2D eigenvalue weighted by molar-refractivity contribution is 0.0597. The first-order chi connectivity index (χ1) is 12.3. The molecular formula is C19H23N3O2S. The standard InChI is InChI=1S/C19H23N3O2S/c1-24-18-16(3-2-8-20-18)19(23)21-9-4-15(5-10-21)22-11-6-17-14(13-22)7-12-25-17/h2-3,7-8,12,15H,4-6,9-11,13H2,1H3. The first-order valence-corrected chi connectivity index (χ1v) is 9.72. The van der Waals surface area contributed by atoms with Crippen LogP contribution in [0.5, 0.6) is 5.88 Å². The fourth-order valence-corrected chi connectivity index (χ4v) is 4.79. The van der Waals surface area contributed by atoms with Crippen LogP contribution in [0.3, 0.4) is 0 Å². The molecule has 0 aromatic carbocycles. The van der Waals surface area contributed by atoms with Crippen molar-refractivity contribution in [2.75, 3.05) is 26.7 Å². The second-order valence-corrected chi connectivity index (χ2v) is 7.67. The van der Waals surface area contributed by atoms with Crippen molar-refractivity contribution >= 4 is 17.2 Å². The van der Waals surface area contributed by atoms with Crippen molar-refractivity contribution in [1.82, 2.24) is 14.8 Å². The van der Waals surface area contributed by atoms with Gasteiger partial charge in [-0.3, -0.25) is 9.69 Å². The molecule has 4 rings (SSSR count). The number of thiophene rings is 1. The van der Waals surface area contributed by atoms with Gasteiger partial charge in [-0.25, -0.2) is 4.98 Å². The molecule has 6 heteroatoms. The maximum Gasteiger partial charge on any atom is 0.259 e. The van der Waals surface area contributed by atoms with Gasteiger partial charge in [0.25, 0.3) is 5.91 Å². The van der Waals surface area contributed by atoms with Crippen molar-refractivity contribution in [2.24, 2.45) is 0 Å². The van der Waals surface area contributed by atoms with E-state index in [0.29, 0.717) is 17.5 Å². The average Bonchev–Trinajstić information content (AvgIpc) is 3.15. The Morgan fingerprint density at radius 1 is 1.28 bits per heavy atom. The molecule has 0 bridgehead atoms. The van der Waals surface area contributed by atoms with Crippen molar-refractivity contribution in [3.63, 3.8) is 0 Å². The summed E-state index contributed by atoms with van der Waals surface area (Å²) in [5.74, 6) is 0.442. The Kier molecular flexibility index (Phi) is 4.72. The van der Waals surface area contributed by atoms with Crippen LogP contribution in [0.25, 0.3) is 0 Å². The fraction of sp³-hybridized carbons (Fsp3) is 0.474. The molecule has 0 N–H and O–H groups in total. The predicted molar refractivity (Wildman–Crippen MR) is 98.1 cm³/mol. The number of hydrogen-bond donors (Lipinski definition) is 0. The zero-order valence-electron chi connectivity index (χ0n) is 14.5. The van der Waals surface area contributed by atoms with Crippen molar-refractivity contribution in [2.45, 2.75) is 31.8 Å². The molecule has 2 aliphatic heterocycles. The van der Waals surface area contributed by atoms with Gasteiger partial charge < -0.3 is 9.64 Å². The molecule has 2 aromatic heterocycles. The van der Waals surface area contributed by atoms with E-state index in [4.69, 9.17) is 4.74 Å². The highest BCUT2D eigenvalue weighted by Gasteiger charge is 2.30. The third-order valence-corrected chi connectivity index (χ3v) is 6.32. The number of likely N-dealkylation sites (tertiary alicyclic amines) is 1. The van der Waals surface area contributed by atoms with Gasteiger partial charge in [0.2, 0.25) is 5.88 Å². The maximum absolute atomic E-state index is 12.8. The molecule has 0 atom stereocenters. The summed E-state index contributed by atoms with van der Waals surface area (Å²) >= 11 is 1.88. The largest absolute Gasteiger partial charge is 0.480 e. The second kappa shape index (κ2) is 7.14. The summed E-state index contributed by atoms with van der Waals surface area (Å²) in [5, 5.41) is 2.21. The molecular weight excluding hydrogens is 334 g/mol. The van der Waals surface area contributed by atoms with Crippen LogP contribution in [0.1, 0.15) is 33.6 Å². The van der Waals surface area contributed by atoms with Crippen LogP contribution in [0.2, 0.25) is 0 Å². The summed E-state index contributed by atoms with van der Waals surface area (Å²) in [5.41, 5.74) is 2.05. The highest BCUT2D eigenvalue weighted by atomic mass is 32.1. The Balaban J connectivity index is 1.38. The minimum atomic E-state index is 0.0298. The molecule has 4 heterocycles. The highest BCUT2D eigenvalue weighted by Crippen LogP contribution is 2.28. The Bertz CT molecular complexity index is 753. The van der Waals surface area contributed by atoms with Crippen molar-refractivity contribution in [3.8, 4) is 5.88 Å². The number of nitrogens with zero attached hydrogens (tertiary/aromatic N) is 3. The van der Waals surface area contributed by atoms with Gasteiger partial charge in [-0.2, -0.15) is 0 Å². The number of ether oxygens (including phenoxy) is 1. The number of fused-ring (bicyclic) bond motifs is 1. The molecule has 132 valence electrons. The van der Waals surface area contributed by atoms with Gasteiger partial charge in [0.1, 0.15) is 5.56 Å². The van der Waals surface area contributed by atoms with E-state index in [1.807, 2.05) is 16.2 Å². The third kappa shape index (κ3) is 3.28. The van der Waals surface area contributed by atoms with Gasteiger partial charge in [0, 0.05) is 43.3 Å². The highest BCUT2D eigenvalue weighted by molar-refractivity contribution is 7.10. The van der Waals surface area contributed by atoms with Crippen molar-refractivity contribution in [1.29, 1.82) is 0 Å². The van der Waals surface area contributed by atoms with E-state index in [1.54, 1.807) is 30.3 Å². The smallest absolute Gasteiger partial charge is 0.259 e. The van der Waals surface area contributed by atoms with Gasteiger partial charge in [-0.05, 0) is 48.4 Å². The van der Waals surface area contributed by atoms with Crippen LogP contribution in [-0.4, -0.2) is 53.5 Å². The first kappa shape index (κ1) is 16.5. The lowest BCUT2D eigenvalue weighted by Crippen LogP contribution is -2.48. The van der Waals surface area contributed by atoms with E-state index in [2.05, 4.69) is 21.3 Å². The molecule has 0 spiro atoms. The summed E-state index contributed by atoms with van der Waals surface area (Å²) < 4.78 is 5.23. The summed E-state index contributed by atoms with van der Waals surface area (Å²) in [7, 11) is 1.56. The number of carbonyl (C=O) groups excluding carboxylic acids is 1. The number of pyridine rings is 1. The number of piperidine rings is 1. The number of hydrogen-bond acceptors (Lipinski definition) is 5. The van der Waals surface area contributed by atoms with E-state index < -0.39 is 0 Å². The normalized spacial score (nSPS) is 18.8. The molecule has 0 saturated carbocycles. The SMILES string of the molecule is COc1ncccc1C(=O)N1CCC(N2CCc3sccc3C2)CC1.